The van der Waals surface area contributed by atoms with Crippen LogP contribution in [0.1, 0.15) is 13.3 Å². The molecule has 0 saturated heterocycles. The van der Waals surface area contributed by atoms with Gasteiger partial charge in [-0.2, -0.15) is 0 Å². The fourth-order valence-corrected chi connectivity index (χ4v) is 0.635. The van der Waals surface area contributed by atoms with Gasteiger partial charge in [-0.05, 0) is 12.5 Å². The van der Waals surface area contributed by atoms with Gasteiger partial charge in [0, 0.05) is 5.41 Å². The van der Waals surface area contributed by atoms with E-state index >= 15 is 0 Å². The zero-order valence-electron chi connectivity index (χ0n) is 9.52. The Labute approximate surface area is 95.2 Å². The zero-order valence-corrected chi connectivity index (χ0v) is 9.52. The van der Waals surface area contributed by atoms with Crippen LogP contribution in [0.15, 0.2) is 12.7 Å². The van der Waals surface area contributed by atoms with E-state index in [4.69, 9.17) is 20.4 Å². The maximum Gasteiger partial charge on any atom is 0.245 e. The van der Waals surface area contributed by atoms with Crippen LogP contribution in [-0.4, -0.2) is 52.9 Å². The molecule has 5 N–H and O–H groups in total. The van der Waals surface area contributed by atoms with Gasteiger partial charge in [-0.1, -0.05) is 13.5 Å². The summed E-state index contributed by atoms with van der Waals surface area (Å²) in [6.07, 6.45) is 1.69. The van der Waals surface area contributed by atoms with Crippen molar-refractivity contribution in [3.8, 4) is 0 Å². The second-order valence-corrected chi connectivity index (χ2v) is 3.23. The fourth-order valence-electron chi connectivity index (χ4n) is 0.635. The summed E-state index contributed by atoms with van der Waals surface area (Å²) in [5.74, 6) is -0.359. The first kappa shape index (κ1) is 17.4. The second kappa shape index (κ2) is 10.6. The van der Waals surface area contributed by atoms with Gasteiger partial charge in [0.1, 0.15) is 6.73 Å². The van der Waals surface area contributed by atoms with E-state index in [0.717, 1.165) is 6.08 Å². The maximum atomic E-state index is 10.0. The molecule has 6 nitrogen and oxygen atoms in total. The first-order valence-electron chi connectivity index (χ1n) is 4.89. The first-order chi connectivity index (χ1) is 7.55. The van der Waals surface area contributed by atoms with Gasteiger partial charge in [0.05, 0.1) is 19.8 Å². The molecule has 0 radical (unpaired) electrons. The van der Waals surface area contributed by atoms with Crippen LogP contribution < -0.4 is 5.32 Å². The summed E-state index contributed by atoms with van der Waals surface area (Å²) in [6, 6.07) is 0. The van der Waals surface area contributed by atoms with Gasteiger partial charge in [0.2, 0.25) is 5.91 Å². The number of carbonyl (C=O) groups excluding carboxylic acids is 1. The normalized spacial score (nSPS) is 10.1. The Bertz CT molecular complexity index is 174. The predicted molar refractivity (Wildman–Crippen MR) is 59.4 cm³/mol. The number of rotatable bonds is 6. The lowest BCUT2D eigenvalue weighted by Crippen LogP contribution is -2.32. The molecule has 0 aliphatic heterocycles. The summed E-state index contributed by atoms with van der Waals surface area (Å²) in [5.41, 5.74) is -0.667. The monoisotopic (exact) mass is 235 g/mol. The quantitative estimate of drug-likeness (QED) is 0.287. The standard InChI is InChI=1S/C6H14O3.C4H7NO2/c1-2-6(3-7,4-8)5-9;1-2-4(7)5-3-6/h7-9H,2-5H2,1H3;2,6H,1,3H2,(H,5,7). The van der Waals surface area contributed by atoms with E-state index in [1.807, 2.05) is 6.92 Å². The number of nitrogens with one attached hydrogen (secondary N) is 1. The molecule has 0 aromatic carbocycles. The van der Waals surface area contributed by atoms with Crippen LogP contribution in [0.25, 0.3) is 0 Å². The molecule has 0 heterocycles. The third kappa shape index (κ3) is 7.36. The molecule has 0 saturated carbocycles. The van der Waals surface area contributed by atoms with Gasteiger partial charge in [0.25, 0.3) is 0 Å². The Morgan fingerprint density at radius 1 is 1.25 bits per heavy atom. The van der Waals surface area contributed by atoms with Crippen molar-refractivity contribution in [2.75, 3.05) is 26.6 Å². The number of carbonyl (C=O) groups is 1. The number of aliphatic hydroxyl groups is 4. The van der Waals surface area contributed by atoms with E-state index in [2.05, 4.69) is 11.9 Å². The summed E-state index contributed by atoms with van der Waals surface area (Å²) >= 11 is 0. The molecule has 0 bridgehead atoms. The van der Waals surface area contributed by atoms with Crippen LogP contribution in [0.2, 0.25) is 0 Å². The molecule has 0 aromatic rings. The molecule has 0 fully saturated rings. The minimum Gasteiger partial charge on any atom is -0.396 e. The Morgan fingerprint density at radius 2 is 1.69 bits per heavy atom. The minimum absolute atomic E-state index is 0.156. The van der Waals surface area contributed by atoms with Crippen molar-refractivity contribution in [1.29, 1.82) is 0 Å². The molecule has 0 aromatic heterocycles. The largest absolute Gasteiger partial charge is 0.396 e. The molecular formula is C10H21NO5. The minimum atomic E-state index is -0.667. The highest BCUT2D eigenvalue weighted by atomic mass is 16.3. The van der Waals surface area contributed by atoms with Gasteiger partial charge < -0.3 is 25.7 Å². The highest BCUT2D eigenvalue weighted by Gasteiger charge is 2.24. The number of aliphatic hydroxyl groups excluding tert-OH is 4. The highest BCUT2D eigenvalue weighted by Crippen LogP contribution is 2.18. The van der Waals surface area contributed by atoms with Crippen LogP contribution >= 0.6 is 0 Å². The summed E-state index contributed by atoms with van der Waals surface area (Å²) < 4.78 is 0. The highest BCUT2D eigenvalue weighted by molar-refractivity contribution is 5.86. The van der Waals surface area contributed by atoms with Gasteiger partial charge >= 0.3 is 0 Å². The molecule has 96 valence electrons. The average Bonchev–Trinajstić information content (AvgIpc) is 2.34. The Hall–Kier alpha value is -0.950. The lowest BCUT2D eigenvalue weighted by molar-refractivity contribution is -0.117. The molecule has 0 aliphatic carbocycles. The first-order valence-corrected chi connectivity index (χ1v) is 4.89. The predicted octanol–water partition coefficient (Wildman–Crippen LogP) is -1.40. The average molecular weight is 235 g/mol. The van der Waals surface area contributed by atoms with E-state index in [1.54, 1.807) is 0 Å². The van der Waals surface area contributed by atoms with Crippen molar-refractivity contribution in [1.82, 2.24) is 5.32 Å². The molecule has 0 atom stereocenters. The molecule has 0 unspecified atom stereocenters. The number of hydrogen-bond acceptors (Lipinski definition) is 5. The van der Waals surface area contributed by atoms with E-state index in [0.29, 0.717) is 6.42 Å². The smallest absolute Gasteiger partial charge is 0.245 e. The van der Waals surface area contributed by atoms with Gasteiger partial charge in [0.15, 0.2) is 0 Å². The molecule has 0 rings (SSSR count). The third-order valence-electron chi connectivity index (χ3n) is 2.19. The Kier molecular flexibility index (Phi) is 11.5. The summed E-state index contributed by atoms with van der Waals surface area (Å²) in [5, 5.41) is 36.1. The van der Waals surface area contributed by atoms with Crippen LogP contribution in [0, 0.1) is 5.41 Å². The van der Waals surface area contributed by atoms with Crippen molar-refractivity contribution < 1.29 is 25.2 Å². The van der Waals surface area contributed by atoms with Crippen molar-refractivity contribution in [2.24, 2.45) is 5.41 Å². The van der Waals surface area contributed by atoms with E-state index in [1.165, 1.54) is 0 Å². The van der Waals surface area contributed by atoms with Crippen LogP contribution in [0.4, 0.5) is 0 Å². The Balaban J connectivity index is 0. The van der Waals surface area contributed by atoms with Crippen LogP contribution in [0.5, 0.6) is 0 Å². The Morgan fingerprint density at radius 3 is 1.75 bits per heavy atom. The van der Waals surface area contributed by atoms with Crippen molar-refractivity contribution >= 4 is 5.91 Å². The van der Waals surface area contributed by atoms with E-state index < -0.39 is 5.41 Å². The van der Waals surface area contributed by atoms with Crippen molar-refractivity contribution in [2.45, 2.75) is 13.3 Å². The molecule has 0 spiro atoms. The molecule has 1 amide bonds. The summed E-state index contributed by atoms with van der Waals surface area (Å²) in [4.78, 5) is 10.0. The van der Waals surface area contributed by atoms with Gasteiger partial charge in [-0.15, -0.1) is 0 Å². The number of hydrogen-bond donors (Lipinski definition) is 5. The summed E-state index contributed by atoms with van der Waals surface area (Å²) in [6.45, 7) is 4.18. The SMILES string of the molecule is C=CC(=O)NCO.CCC(CO)(CO)CO. The van der Waals surface area contributed by atoms with Gasteiger partial charge in [-0.25, -0.2) is 0 Å². The van der Waals surface area contributed by atoms with Crippen molar-refractivity contribution in [3.63, 3.8) is 0 Å². The van der Waals surface area contributed by atoms with E-state index in [9.17, 15) is 4.79 Å². The van der Waals surface area contributed by atoms with Crippen LogP contribution in [0.3, 0.4) is 0 Å². The number of amides is 1. The lowest BCUT2D eigenvalue weighted by atomic mass is 9.88. The molecule has 0 aliphatic rings. The van der Waals surface area contributed by atoms with E-state index in [-0.39, 0.29) is 32.5 Å². The topological polar surface area (TPSA) is 110 Å². The maximum absolute atomic E-state index is 10.0. The third-order valence-corrected chi connectivity index (χ3v) is 2.19. The zero-order chi connectivity index (χ0) is 13.0. The van der Waals surface area contributed by atoms with Crippen molar-refractivity contribution in [3.05, 3.63) is 12.7 Å². The molecule has 16 heavy (non-hydrogen) atoms. The lowest BCUT2D eigenvalue weighted by Gasteiger charge is -2.24. The second-order valence-electron chi connectivity index (χ2n) is 3.23. The molecular weight excluding hydrogens is 214 g/mol. The summed E-state index contributed by atoms with van der Waals surface area (Å²) in [7, 11) is 0. The molecule has 6 heteroatoms. The van der Waals surface area contributed by atoms with Crippen LogP contribution in [-0.2, 0) is 4.79 Å². The van der Waals surface area contributed by atoms with Gasteiger partial charge in [-0.3, -0.25) is 4.79 Å². The fraction of sp³-hybridized carbons (Fsp3) is 0.700.